The van der Waals surface area contributed by atoms with E-state index in [-0.39, 0.29) is 16.9 Å². The first-order valence-electron chi connectivity index (χ1n) is 6.04. The molecule has 8 heteroatoms. The molecule has 0 saturated heterocycles. The Kier molecular flexibility index (Phi) is 4.47. The number of nitro benzene ring substituents is 1. The van der Waals surface area contributed by atoms with E-state index in [4.69, 9.17) is 21.4 Å². The van der Waals surface area contributed by atoms with Gasteiger partial charge in [0, 0.05) is 11.8 Å². The zero-order chi connectivity index (χ0) is 16.3. The summed E-state index contributed by atoms with van der Waals surface area (Å²) in [6, 6.07) is 8.41. The summed E-state index contributed by atoms with van der Waals surface area (Å²) in [5.41, 5.74) is 0.171. The number of hydrogen-bond acceptors (Lipinski definition) is 5. The summed E-state index contributed by atoms with van der Waals surface area (Å²) in [7, 11) is 1.48. The number of nitrogens with zero attached hydrogens (tertiary/aromatic N) is 1. The molecule has 7 nitrogen and oxygen atoms in total. The first-order chi connectivity index (χ1) is 10.4. The average molecular weight is 323 g/mol. The highest BCUT2D eigenvalue weighted by Crippen LogP contribution is 2.32. The van der Waals surface area contributed by atoms with E-state index in [1.165, 1.54) is 19.2 Å². The number of aromatic carboxylic acids is 1. The molecule has 0 heterocycles. The number of anilines is 2. The molecule has 0 aliphatic rings. The van der Waals surface area contributed by atoms with Crippen molar-refractivity contribution in [1.82, 2.24) is 0 Å². The van der Waals surface area contributed by atoms with E-state index in [0.29, 0.717) is 16.5 Å². The third-order valence-corrected chi connectivity index (χ3v) is 3.17. The average Bonchev–Trinajstić information content (AvgIpc) is 2.47. The molecule has 0 bridgehead atoms. The van der Waals surface area contributed by atoms with Gasteiger partial charge in [-0.3, -0.25) is 10.1 Å². The summed E-state index contributed by atoms with van der Waals surface area (Å²) in [6.45, 7) is 0. The number of methoxy groups -OCH3 is 1. The highest BCUT2D eigenvalue weighted by Gasteiger charge is 2.17. The minimum Gasteiger partial charge on any atom is -0.495 e. The predicted molar refractivity (Wildman–Crippen MR) is 81.3 cm³/mol. The fourth-order valence-electron chi connectivity index (χ4n) is 1.82. The Balaban J connectivity index is 2.38. The SMILES string of the molecule is COc1ccc(Nc2ccc(C(=O)O)cc2[N+](=O)[O-])cc1Cl. The van der Waals surface area contributed by atoms with Crippen molar-refractivity contribution in [2.75, 3.05) is 12.4 Å². The molecule has 2 aromatic carbocycles. The van der Waals surface area contributed by atoms with Crippen LogP contribution in [0, 0.1) is 10.1 Å². The standard InChI is InChI=1S/C14H11ClN2O5/c1-22-13-5-3-9(7-10(13)15)16-11-4-2-8(14(18)19)6-12(11)17(20)21/h2-7,16H,1H3,(H,18,19). The second kappa shape index (κ2) is 6.31. The lowest BCUT2D eigenvalue weighted by Gasteiger charge is -2.10. The van der Waals surface area contributed by atoms with Gasteiger partial charge in [0.2, 0.25) is 0 Å². The van der Waals surface area contributed by atoms with Crippen molar-refractivity contribution in [2.45, 2.75) is 0 Å². The van der Waals surface area contributed by atoms with Gasteiger partial charge >= 0.3 is 5.97 Å². The maximum absolute atomic E-state index is 11.1. The summed E-state index contributed by atoms with van der Waals surface area (Å²) in [6.07, 6.45) is 0. The Hall–Kier alpha value is -2.80. The van der Waals surface area contributed by atoms with E-state index in [1.807, 2.05) is 0 Å². The quantitative estimate of drug-likeness (QED) is 0.643. The minimum atomic E-state index is -1.23. The van der Waals surface area contributed by atoms with Gasteiger partial charge in [-0.1, -0.05) is 11.6 Å². The van der Waals surface area contributed by atoms with Crippen LogP contribution in [-0.4, -0.2) is 23.1 Å². The number of rotatable bonds is 5. The third kappa shape index (κ3) is 3.26. The van der Waals surface area contributed by atoms with Gasteiger partial charge in [-0.15, -0.1) is 0 Å². The summed E-state index contributed by atoms with van der Waals surface area (Å²) < 4.78 is 5.02. The monoisotopic (exact) mass is 322 g/mol. The Morgan fingerprint density at radius 1 is 1.32 bits per heavy atom. The Morgan fingerprint density at radius 3 is 2.59 bits per heavy atom. The zero-order valence-electron chi connectivity index (χ0n) is 11.4. The molecule has 0 spiro atoms. The lowest BCUT2D eigenvalue weighted by molar-refractivity contribution is -0.383. The van der Waals surface area contributed by atoms with Gasteiger partial charge < -0.3 is 15.2 Å². The van der Waals surface area contributed by atoms with Gasteiger partial charge in [-0.2, -0.15) is 0 Å². The smallest absolute Gasteiger partial charge is 0.335 e. The van der Waals surface area contributed by atoms with E-state index in [2.05, 4.69) is 5.32 Å². The molecule has 0 saturated carbocycles. The van der Waals surface area contributed by atoms with E-state index < -0.39 is 10.9 Å². The first kappa shape index (κ1) is 15.6. The highest BCUT2D eigenvalue weighted by atomic mass is 35.5. The van der Waals surface area contributed by atoms with Crippen LogP contribution in [0.25, 0.3) is 0 Å². The van der Waals surface area contributed by atoms with Crippen molar-refractivity contribution in [3.05, 3.63) is 57.1 Å². The van der Waals surface area contributed by atoms with Crippen LogP contribution in [0.4, 0.5) is 17.1 Å². The van der Waals surface area contributed by atoms with E-state index >= 15 is 0 Å². The molecular formula is C14H11ClN2O5. The van der Waals surface area contributed by atoms with Gasteiger partial charge in [0.25, 0.3) is 5.69 Å². The van der Waals surface area contributed by atoms with Gasteiger partial charge in [-0.25, -0.2) is 4.79 Å². The minimum absolute atomic E-state index is 0.162. The number of hydrogen-bond donors (Lipinski definition) is 2. The summed E-state index contributed by atoms with van der Waals surface area (Å²) in [5.74, 6) is -0.759. The topological polar surface area (TPSA) is 102 Å². The molecule has 0 radical (unpaired) electrons. The largest absolute Gasteiger partial charge is 0.495 e. The third-order valence-electron chi connectivity index (χ3n) is 2.87. The lowest BCUT2D eigenvalue weighted by atomic mass is 10.1. The highest BCUT2D eigenvalue weighted by molar-refractivity contribution is 6.32. The molecule has 0 amide bonds. The number of nitrogens with one attached hydrogen (secondary N) is 1. The maximum atomic E-state index is 11.1. The number of halogens is 1. The molecule has 114 valence electrons. The second-order valence-electron chi connectivity index (χ2n) is 4.27. The fraction of sp³-hybridized carbons (Fsp3) is 0.0714. The summed E-state index contributed by atoms with van der Waals surface area (Å²) in [4.78, 5) is 21.3. The number of nitro groups is 1. The van der Waals surface area contributed by atoms with E-state index in [9.17, 15) is 14.9 Å². The molecule has 2 aromatic rings. The molecule has 0 atom stereocenters. The van der Waals surface area contributed by atoms with Crippen molar-refractivity contribution >= 4 is 34.6 Å². The normalized spacial score (nSPS) is 10.1. The molecule has 0 aromatic heterocycles. The maximum Gasteiger partial charge on any atom is 0.335 e. The lowest BCUT2D eigenvalue weighted by Crippen LogP contribution is -2.01. The molecule has 0 unspecified atom stereocenters. The van der Waals surface area contributed by atoms with Gasteiger partial charge in [-0.05, 0) is 30.3 Å². The number of ether oxygens (including phenoxy) is 1. The van der Waals surface area contributed by atoms with E-state index in [1.54, 1.807) is 18.2 Å². The Bertz CT molecular complexity index is 748. The number of carbonyl (C=O) groups is 1. The van der Waals surface area contributed by atoms with Crippen molar-refractivity contribution in [2.24, 2.45) is 0 Å². The van der Waals surface area contributed by atoms with Crippen LogP contribution in [0.5, 0.6) is 5.75 Å². The summed E-state index contributed by atoms with van der Waals surface area (Å²) >= 11 is 5.99. The van der Waals surface area contributed by atoms with Gasteiger partial charge in [0.15, 0.2) is 0 Å². The number of carboxylic acids is 1. The summed E-state index contributed by atoms with van der Waals surface area (Å²) in [5, 5.41) is 23.2. The zero-order valence-corrected chi connectivity index (χ0v) is 12.1. The number of carboxylic acid groups (broad SMARTS) is 1. The second-order valence-corrected chi connectivity index (χ2v) is 4.68. The van der Waals surface area contributed by atoms with Crippen molar-refractivity contribution in [3.63, 3.8) is 0 Å². The molecule has 0 aliphatic heterocycles. The van der Waals surface area contributed by atoms with Crippen molar-refractivity contribution < 1.29 is 19.6 Å². The molecule has 0 fully saturated rings. The molecule has 2 rings (SSSR count). The van der Waals surface area contributed by atoms with Crippen LogP contribution in [0.15, 0.2) is 36.4 Å². The first-order valence-corrected chi connectivity index (χ1v) is 6.42. The fourth-order valence-corrected chi connectivity index (χ4v) is 2.08. The van der Waals surface area contributed by atoms with Crippen LogP contribution in [0.1, 0.15) is 10.4 Å². The van der Waals surface area contributed by atoms with Crippen LogP contribution < -0.4 is 10.1 Å². The van der Waals surface area contributed by atoms with Gasteiger partial charge in [0.05, 0.1) is 22.6 Å². The van der Waals surface area contributed by atoms with Crippen LogP contribution in [0.3, 0.4) is 0 Å². The Labute approximate surface area is 130 Å². The molecule has 2 N–H and O–H groups in total. The van der Waals surface area contributed by atoms with E-state index in [0.717, 1.165) is 6.07 Å². The van der Waals surface area contributed by atoms with Gasteiger partial charge in [0.1, 0.15) is 11.4 Å². The van der Waals surface area contributed by atoms with Crippen molar-refractivity contribution in [3.8, 4) is 5.75 Å². The molecule has 22 heavy (non-hydrogen) atoms. The Morgan fingerprint density at radius 2 is 2.05 bits per heavy atom. The molecule has 0 aliphatic carbocycles. The van der Waals surface area contributed by atoms with Crippen molar-refractivity contribution in [1.29, 1.82) is 0 Å². The predicted octanol–water partition coefficient (Wildman–Crippen LogP) is 3.70. The van der Waals surface area contributed by atoms with Crippen LogP contribution >= 0.6 is 11.6 Å². The van der Waals surface area contributed by atoms with Crippen LogP contribution in [-0.2, 0) is 0 Å². The molecular weight excluding hydrogens is 312 g/mol. The van der Waals surface area contributed by atoms with Crippen LogP contribution in [0.2, 0.25) is 5.02 Å². The number of benzene rings is 2.